The fraction of sp³-hybridized carbons (Fsp3) is 0.429. The minimum atomic E-state index is 0.00239. The number of hydrogen-bond acceptors (Lipinski definition) is 4. The van der Waals surface area contributed by atoms with Gasteiger partial charge >= 0.3 is 0 Å². The molecule has 1 N–H and O–H groups in total. The van der Waals surface area contributed by atoms with E-state index in [1.807, 2.05) is 24.4 Å². The molecular formula is C14H18N2O2S. The Balaban J connectivity index is 1.99. The Morgan fingerprint density at radius 1 is 1.53 bits per heavy atom. The molecule has 0 unspecified atom stereocenters. The summed E-state index contributed by atoms with van der Waals surface area (Å²) in [5, 5.41) is 4.86. The average Bonchev–Trinajstić information content (AvgIpc) is 3.00. The van der Waals surface area contributed by atoms with Crippen molar-refractivity contribution in [2.24, 2.45) is 0 Å². The monoisotopic (exact) mass is 278 g/mol. The number of aryl methyl sites for hydroxylation is 1. The number of hydrogen-bond donors (Lipinski definition) is 1. The maximum absolute atomic E-state index is 11.7. The summed E-state index contributed by atoms with van der Waals surface area (Å²) < 4.78 is 5.60. The molecule has 0 bridgehead atoms. The van der Waals surface area contributed by atoms with Crippen LogP contribution in [0.4, 0.5) is 0 Å². The lowest BCUT2D eigenvalue weighted by atomic mass is 10.2. The predicted molar refractivity (Wildman–Crippen MR) is 76.2 cm³/mol. The summed E-state index contributed by atoms with van der Waals surface area (Å²) in [6.45, 7) is 4.67. The molecule has 0 atom stereocenters. The Labute approximate surface area is 116 Å². The van der Waals surface area contributed by atoms with Crippen molar-refractivity contribution in [1.29, 1.82) is 0 Å². The van der Waals surface area contributed by atoms with Gasteiger partial charge < -0.3 is 9.73 Å². The quantitative estimate of drug-likeness (QED) is 0.826. The second-order valence-electron chi connectivity index (χ2n) is 4.38. The third-order valence-corrected chi connectivity index (χ3v) is 3.66. The van der Waals surface area contributed by atoms with Crippen LogP contribution in [0.2, 0.25) is 0 Å². The Morgan fingerprint density at radius 3 is 3.05 bits per heavy atom. The molecule has 2 heterocycles. The van der Waals surface area contributed by atoms with Crippen LogP contribution in [0.25, 0.3) is 10.8 Å². The van der Waals surface area contributed by atoms with Gasteiger partial charge in [0.1, 0.15) is 5.76 Å². The Bertz CT molecular complexity index is 532. The third-order valence-electron chi connectivity index (χ3n) is 2.81. The molecule has 0 aromatic carbocycles. The van der Waals surface area contributed by atoms with Gasteiger partial charge in [-0.1, -0.05) is 19.4 Å². The molecule has 0 aliphatic heterocycles. The van der Waals surface area contributed by atoms with Crippen LogP contribution < -0.4 is 5.32 Å². The molecule has 0 saturated heterocycles. The molecule has 0 spiro atoms. The third kappa shape index (κ3) is 3.67. The lowest BCUT2D eigenvalue weighted by Crippen LogP contribution is -2.26. The number of nitrogens with one attached hydrogen (secondary N) is 1. The van der Waals surface area contributed by atoms with Gasteiger partial charge in [-0.15, -0.1) is 11.3 Å². The van der Waals surface area contributed by atoms with Gasteiger partial charge in [0.25, 0.3) is 0 Å². The molecule has 2 aromatic rings. The Hall–Kier alpha value is -1.62. The highest BCUT2D eigenvalue weighted by molar-refractivity contribution is 7.13. The van der Waals surface area contributed by atoms with Gasteiger partial charge in [-0.05, 0) is 24.8 Å². The van der Waals surface area contributed by atoms with Gasteiger partial charge in [-0.3, -0.25) is 4.79 Å². The summed E-state index contributed by atoms with van der Waals surface area (Å²) in [5.41, 5.74) is 0.720. The fourth-order valence-electron chi connectivity index (χ4n) is 1.72. The molecule has 0 radical (unpaired) electrons. The number of aromatic nitrogens is 1. The van der Waals surface area contributed by atoms with Crippen molar-refractivity contribution >= 4 is 17.2 Å². The molecule has 102 valence electrons. The van der Waals surface area contributed by atoms with Crippen LogP contribution in [0.1, 0.15) is 31.2 Å². The van der Waals surface area contributed by atoms with Gasteiger partial charge in [-0.2, -0.15) is 0 Å². The van der Waals surface area contributed by atoms with Crippen molar-refractivity contribution in [1.82, 2.24) is 10.3 Å². The highest BCUT2D eigenvalue weighted by Gasteiger charge is 2.14. The van der Waals surface area contributed by atoms with E-state index in [1.165, 1.54) is 0 Å². The summed E-state index contributed by atoms with van der Waals surface area (Å²) in [5.74, 6) is 1.32. The summed E-state index contributed by atoms with van der Waals surface area (Å²) in [6, 6.07) is 3.91. The van der Waals surface area contributed by atoms with Gasteiger partial charge in [0.2, 0.25) is 11.8 Å². The van der Waals surface area contributed by atoms with Crippen molar-refractivity contribution in [3.05, 3.63) is 29.0 Å². The van der Waals surface area contributed by atoms with Crippen LogP contribution in [0, 0.1) is 6.92 Å². The first-order valence-electron chi connectivity index (χ1n) is 6.47. The molecule has 19 heavy (non-hydrogen) atoms. The van der Waals surface area contributed by atoms with E-state index >= 15 is 0 Å². The summed E-state index contributed by atoms with van der Waals surface area (Å²) >= 11 is 1.58. The maximum atomic E-state index is 11.7. The summed E-state index contributed by atoms with van der Waals surface area (Å²) in [4.78, 5) is 17.1. The van der Waals surface area contributed by atoms with Crippen LogP contribution in [0.15, 0.2) is 21.9 Å². The number of rotatable bonds is 6. The first kappa shape index (κ1) is 13.8. The van der Waals surface area contributed by atoms with Crippen molar-refractivity contribution in [2.45, 2.75) is 33.1 Å². The van der Waals surface area contributed by atoms with E-state index in [-0.39, 0.29) is 12.3 Å². The van der Waals surface area contributed by atoms with Crippen LogP contribution in [0.5, 0.6) is 0 Å². The van der Waals surface area contributed by atoms with Crippen molar-refractivity contribution < 1.29 is 9.21 Å². The highest BCUT2D eigenvalue weighted by atomic mass is 32.1. The summed E-state index contributed by atoms with van der Waals surface area (Å²) in [6.07, 6.45) is 2.36. The van der Waals surface area contributed by atoms with Crippen LogP contribution in [-0.4, -0.2) is 17.4 Å². The normalized spacial score (nSPS) is 10.6. The van der Waals surface area contributed by atoms with E-state index in [2.05, 4.69) is 17.2 Å². The first-order valence-corrected chi connectivity index (χ1v) is 7.35. The van der Waals surface area contributed by atoms with E-state index in [0.29, 0.717) is 11.7 Å². The number of thiophene rings is 1. The molecule has 5 heteroatoms. The zero-order valence-corrected chi connectivity index (χ0v) is 12.0. The lowest BCUT2D eigenvalue weighted by molar-refractivity contribution is -0.120. The van der Waals surface area contributed by atoms with Crippen LogP contribution >= 0.6 is 11.3 Å². The van der Waals surface area contributed by atoms with Gasteiger partial charge in [0.05, 0.1) is 17.0 Å². The van der Waals surface area contributed by atoms with Crippen LogP contribution in [-0.2, 0) is 11.2 Å². The van der Waals surface area contributed by atoms with E-state index in [0.717, 1.165) is 30.0 Å². The molecule has 0 aliphatic carbocycles. The molecule has 4 nitrogen and oxygen atoms in total. The number of unbranched alkanes of at least 4 members (excludes halogenated alkanes) is 1. The Kier molecular flexibility index (Phi) is 4.74. The molecule has 0 saturated carbocycles. The molecule has 1 amide bonds. The second kappa shape index (κ2) is 6.52. The molecule has 0 aliphatic rings. The van der Waals surface area contributed by atoms with Gasteiger partial charge in [0, 0.05) is 6.54 Å². The highest BCUT2D eigenvalue weighted by Crippen LogP contribution is 2.25. The standard InChI is InChI=1S/C14H18N2O2S/c1-3-4-7-15-13(17)9-11-10(2)18-14(16-11)12-6-5-8-19-12/h5-6,8H,3-4,7,9H2,1-2H3,(H,15,17). The van der Waals surface area contributed by atoms with Crippen molar-refractivity contribution in [2.75, 3.05) is 6.54 Å². The number of oxazole rings is 1. The number of carbonyl (C=O) groups excluding carboxylic acids is 1. The second-order valence-corrected chi connectivity index (χ2v) is 5.33. The van der Waals surface area contributed by atoms with Gasteiger partial charge in [0.15, 0.2) is 0 Å². The number of nitrogens with zero attached hydrogens (tertiary/aromatic N) is 1. The maximum Gasteiger partial charge on any atom is 0.236 e. The largest absolute Gasteiger partial charge is 0.440 e. The van der Waals surface area contributed by atoms with Crippen LogP contribution in [0.3, 0.4) is 0 Å². The van der Waals surface area contributed by atoms with E-state index in [9.17, 15) is 4.79 Å². The zero-order valence-electron chi connectivity index (χ0n) is 11.2. The number of amides is 1. The van der Waals surface area contributed by atoms with Crippen molar-refractivity contribution in [3.63, 3.8) is 0 Å². The van der Waals surface area contributed by atoms with E-state index < -0.39 is 0 Å². The first-order chi connectivity index (χ1) is 9.20. The SMILES string of the molecule is CCCCNC(=O)Cc1nc(-c2cccs2)oc1C. The predicted octanol–water partition coefficient (Wildman–Crippen LogP) is 3.17. The Morgan fingerprint density at radius 2 is 2.37 bits per heavy atom. The topological polar surface area (TPSA) is 55.1 Å². The van der Waals surface area contributed by atoms with E-state index in [4.69, 9.17) is 4.42 Å². The fourth-order valence-corrected chi connectivity index (χ4v) is 2.37. The minimum absolute atomic E-state index is 0.00239. The molecular weight excluding hydrogens is 260 g/mol. The van der Waals surface area contributed by atoms with Gasteiger partial charge in [-0.25, -0.2) is 4.98 Å². The number of carbonyl (C=O) groups is 1. The molecule has 0 fully saturated rings. The lowest BCUT2D eigenvalue weighted by Gasteiger charge is -2.02. The molecule has 2 aromatic heterocycles. The van der Waals surface area contributed by atoms with E-state index in [1.54, 1.807) is 11.3 Å². The minimum Gasteiger partial charge on any atom is -0.440 e. The molecule has 2 rings (SSSR count). The zero-order chi connectivity index (χ0) is 13.7. The summed E-state index contributed by atoms with van der Waals surface area (Å²) in [7, 11) is 0. The average molecular weight is 278 g/mol. The smallest absolute Gasteiger partial charge is 0.236 e. The van der Waals surface area contributed by atoms with Crippen molar-refractivity contribution in [3.8, 4) is 10.8 Å².